The maximum Gasteiger partial charge on any atom is 0.391 e. The Labute approximate surface area is 114 Å². The maximum atomic E-state index is 12.6. The van der Waals surface area contributed by atoms with E-state index in [1.807, 2.05) is 4.90 Å². The molecular weight excluding hydrogens is 275 g/mol. The van der Waals surface area contributed by atoms with Crippen molar-refractivity contribution in [2.24, 2.45) is 11.7 Å². The van der Waals surface area contributed by atoms with Crippen molar-refractivity contribution < 1.29 is 13.2 Å². The summed E-state index contributed by atoms with van der Waals surface area (Å²) in [6, 6.07) is 3.48. The molecule has 19 heavy (non-hydrogen) atoms. The van der Waals surface area contributed by atoms with Gasteiger partial charge in [-0.05, 0) is 25.0 Å². The molecule has 104 valence electrons. The first-order valence-corrected chi connectivity index (χ1v) is 6.36. The van der Waals surface area contributed by atoms with Gasteiger partial charge in [-0.3, -0.25) is 0 Å². The van der Waals surface area contributed by atoms with Crippen LogP contribution in [0.5, 0.6) is 0 Å². The second-order valence-electron chi connectivity index (χ2n) is 4.57. The van der Waals surface area contributed by atoms with Gasteiger partial charge in [-0.15, -0.1) is 0 Å². The van der Waals surface area contributed by atoms with Gasteiger partial charge >= 0.3 is 6.18 Å². The first-order valence-electron chi connectivity index (χ1n) is 5.95. The van der Waals surface area contributed by atoms with Crippen LogP contribution in [0, 0.1) is 5.92 Å². The fourth-order valence-corrected chi connectivity index (χ4v) is 2.28. The van der Waals surface area contributed by atoms with Crippen LogP contribution in [0.2, 0.25) is 0 Å². The molecule has 2 heterocycles. The topological polar surface area (TPSA) is 42.1 Å². The molecule has 1 aromatic heterocycles. The lowest BCUT2D eigenvalue weighted by molar-refractivity contribution is -0.179. The highest BCUT2D eigenvalue weighted by molar-refractivity contribution is 7.80. The number of nitrogens with two attached hydrogens (primary N) is 1. The van der Waals surface area contributed by atoms with E-state index in [2.05, 4.69) is 4.98 Å². The summed E-state index contributed by atoms with van der Waals surface area (Å²) in [5.74, 6) is -0.528. The minimum atomic E-state index is -4.09. The fourth-order valence-electron chi connectivity index (χ4n) is 2.15. The summed E-state index contributed by atoms with van der Waals surface area (Å²) in [6.45, 7) is 0.729. The normalized spacial score (nSPS) is 17.5. The van der Waals surface area contributed by atoms with Crippen molar-refractivity contribution in [1.82, 2.24) is 4.98 Å². The van der Waals surface area contributed by atoms with Crippen LogP contribution >= 0.6 is 12.2 Å². The number of halogens is 3. The molecule has 0 unspecified atom stereocenters. The van der Waals surface area contributed by atoms with Crippen LogP contribution < -0.4 is 10.6 Å². The molecule has 3 nitrogen and oxygen atoms in total. The van der Waals surface area contributed by atoms with E-state index in [-0.39, 0.29) is 17.8 Å². The molecule has 0 amide bonds. The van der Waals surface area contributed by atoms with Gasteiger partial charge in [0, 0.05) is 24.8 Å². The highest BCUT2D eigenvalue weighted by atomic mass is 32.1. The van der Waals surface area contributed by atoms with E-state index in [0.29, 0.717) is 24.5 Å². The molecule has 1 aromatic rings. The van der Waals surface area contributed by atoms with Gasteiger partial charge in [0.1, 0.15) is 10.8 Å². The number of rotatable bonds is 2. The van der Waals surface area contributed by atoms with Crippen molar-refractivity contribution in [3.63, 3.8) is 0 Å². The van der Waals surface area contributed by atoms with Crippen molar-refractivity contribution in [2.75, 3.05) is 18.0 Å². The Bertz CT molecular complexity index is 450. The SMILES string of the molecule is NC(=S)c1ccc(N2CCC(C(F)(F)F)CC2)nc1. The maximum absolute atomic E-state index is 12.6. The van der Waals surface area contributed by atoms with Crippen LogP contribution in [0.15, 0.2) is 18.3 Å². The Morgan fingerprint density at radius 1 is 1.32 bits per heavy atom. The number of anilines is 1. The van der Waals surface area contributed by atoms with Crippen LogP contribution in [0.25, 0.3) is 0 Å². The molecule has 0 atom stereocenters. The summed E-state index contributed by atoms with van der Waals surface area (Å²) >= 11 is 4.82. The van der Waals surface area contributed by atoms with Crippen LogP contribution in [-0.2, 0) is 0 Å². The van der Waals surface area contributed by atoms with Crippen molar-refractivity contribution in [2.45, 2.75) is 19.0 Å². The largest absolute Gasteiger partial charge is 0.391 e. The molecule has 2 N–H and O–H groups in total. The van der Waals surface area contributed by atoms with Crippen LogP contribution in [0.4, 0.5) is 19.0 Å². The minimum Gasteiger partial charge on any atom is -0.389 e. The van der Waals surface area contributed by atoms with Crippen molar-refractivity contribution in [1.29, 1.82) is 0 Å². The van der Waals surface area contributed by atoms with E-state index < -0.39 is 12.1 Å². The highest BCUT2D eigenvalue weighted by Gasteiger charge is 2.41. The Morgan fingerprint density at radius 2 is 1.95 bits per heavy atom. The van der Waals surface area contributed by atoms with E-state index >= 15 is 0 Å². The molecule has 1 saturated heterocycles. The molecule has 7 heteroatoms. The lowest BCUT2D eigenvalue weighted by Crippen LogP contribution is -2.39. The number of aromatic nitrogens is 1. The van der Waals surface area contributed by atoms with Crippen LogP contribution in [0.1, 0.15) is 18.4 Å². The van der Waals surface area contributed by atoms with Gasteiger partial charge in [-0.25, -0.2) is 4.98 Å². The van der Waals surface area contributed by atoms with Crippen LogP contribution in [0.3, 0.4) is 0 Å². The molecule has 0 aromatic carbocycles. The Morgan fingerprint density at radius 3 is 2.37 bits per heavy atom. The number of piperidine rings is 1. The second-order valence-corrected chi connectivity index (χ2v) is 5.01. The van der Waals surface area contributed by atoms with E-state index in [1.54, 1.807) is 18.3 Å². The lowest BCUT2D eigenvalue weighted by atomic mass is 9.96. The zero-order chi connectivity index (χ0) is 14.0. The number of thiocarbonyl (C=S) groups is 1. The van der Waals surface area contributed by atoms with Crippen molar-refractivity contribution in [3.8, 4) is 0 Å². The Balaban J connectivity index is 2.00. The van der Waals surface area contributed by atoms with Crippen molar-refractivity contribution >= 4 is 23.0 Å². The van der Waals surface area contributed by atoms with Gasteiger partial charge in [-0.1, -0.05) is 12.2 Å². The average molecular weight is 289 g/mol. The summed E-state index contributed by atoms with van der Waals surface area (Å²) in [5, 5.41) is 0. The molecular formula is C12H14F3N3S. The highest BCUT2D eigenvalue weighted by Crippen LogP contribution is 2.34. The third kappa shape index (κ3) is 3.34. The standard InChI is InChI=1S/C12H14F3N3S/c13-12(14,15)9-3-5-18(6-4-9)10-2-1-8(7-17-10)11(16)19/h1-2,7,9H,3-6H2,(H2,16,19). The van der Waals surface area contributed by atoms with Gasteiger partial charge < -0.3 is 10.6 Å². The van der Waals surface area contributed by atoms with Gasteiger partial charge in [0.2, 0.25) is 0 Å². The molecule has 0 saturated carbocycles. The number of hydrogen-bond acceptors (Lipinski definition) is 3. The van der Waals surface area contributed by atoms with Gasteiger partial charge in [-0.2, -0.15) is 13.2 Å². The predicted molar refractivity (Wildman–Crippen MR) is 71.1 cm³/mol. The Kier molecular flexibility index (Phi) is 3.93. The third-order valence-corrected chi connectivity index (χ3v) is 3.55. The predicted octanol–water partition coefficient (Wildman–Crippen LogP) is 2.49. The molecule has 1 aliphatic rings. The van der Waals surface area contributed by atoms with Crippen molar-refractivity contribution in [3.05, 3.63) is 23.9 Å². The number of nitrogens with zero attached hydrogens (tertiary/aromatic N) is 2. The van der Waals surface area contributed by atoms with E-state index in [1.165, 1.54) is 0 Å². The minimum absolute atomic E-state index is 0.113. The van der Waals surface area contributed by atoms with Gasteiger partial charge in [0.25, 0.3) is 0 Å². The zero-order valence-electron chi connectivity index (χ0n) is 10.2. The monoisotopic (exact) mass is 289 g/mol. The molecule has 0 spiro atoms. The molecule has 1 fully saturated rings. The quantitative estimate of drug-likeness (QED) is 0.849. The zero-order valence-corrected chi connectivity index (χ0v) is 11.0. The summed E-state index contributed by atoms with van der Waals surface area (Å²) in [7, 11) is 0. The fraction of sp³-hybridized carbons (Fsp3) is 0.500. The summed E-state index contributed by atoms with van der Waals surface area (Å²) in [4.78, 5) is 6.30. The summed E-state index contributed by atoms with van der Waals surface area (Å²) in [6.07, 6.45) is -2.31. The molecule has 0 aliphatic carbocycles. The summed E-state index contributed by atoms with van der Waals surface area (Å²) < 4.78 is 37.7. The average Bonchev–Trinajstić information content (AvgIpc) is 2.38. The van der Waals surface area contributed by atoms with Gasteiger partial charge in [0.05, 0.1) is 5.92 Å². The van der Waals surface area contributed by atoms with E-state index in [4.69, 9.17) is 18.0 Å². The second kappa shape index (κ2) is 5.32. The summed E-state index contributed by atoms with van der Waals surface area (Å²) in [5.41, 5.74) is 6.12. The first-order chi connectivity index (χ1) is 8.88. The van der Waals surface area contributed by atoms with E-state index in [9.17, 15) is 13.2 Å². The van der Waals surface area contributed by atoms with E-state index in [0.717, 1.165) is 0 Å². The van der Waals surface area contributed by atoms with Gasteiger partial charge in [0.15, 0.2) is 0 Å². The molecule has 0 bridgehead atoms. The molecule has 2 rings (SSSR count). The smallest absolute Gasteiger partial charge is 0.389 e. The number of pyridine rings is 1. The first kappa shape index (κ1) is 14.0. The number of hydrogen-bond donors (Lipinski definition) is 1. The Hall–Kier alpha value is -1.37. The van der Waals surface area contributed by atoms with Crippen LogP contribution in [-0.4, -0.2) is 29.2 Å². The number of alkyl halides is 3. The lowest BCUT2D eigenvalue weighted by Gasteiger charge is -2.33. The molecule has 1 aliphatic heterocycles. The molecule has 0 radical (unpaired) electrons. The third-order valence-electron chi connectivity index (χ3n) is 3.31.